The summed E-state index contributed by atoms with van der Waals surface area (Å²) in [6.45, 7) is 8.02. The van der Waals surface area contributed by atoms with E-state index >= 15 is 0 Å². The molecule has 0 unspecified atom stereocenters. The van der Waals surface area contributed by atoms with Crippen molar-refractivity contribution in [2.24, 2.45) is 0 Å². The Hall–Kier alpha value is -3.12. The lowest BCUT2D eigenvalue weighted by molar-refractivity contribution is -0.126. The highest BCUT2D eigenvalue weighted by Gasteiger charge is 2.21. The highest BCUT2D eigenvalue weighted by atomic mass is 16.5. The van der Waals surface area contributed by atoms with Crippen LogP contribution in [0, 0.1) is 0 Å². The molecule has 6 heteroatoms. The summed E-state index contributed by atoms with van der Waals surface area (Å²) < 4.78 is 5.35. The molecule has 0 spiro atoms. The topological polar surface area (TPSA) is 70.7 Å². The van der Waals surface area contributed by atoms with E-state index < -0.39 is 6.04 Å². The molecular weight excluding hydrogens is 390 g/mol. The number of ether oxygens (including phenoxy) is 1. The zero-order chi connectivity index (χ0) is 22.6. The maximum absolute atomic E-state index is 12.6. The normalized spacial score (nSPS) is 13.1. The highest BCUT2D eigenvalue weighted by Crippen LogP contribution is 2.23. The molecule has 6 nitrogen and oxygen atoms in total. The molecule has 0 aliphatic heterocycles. The Morgan fingerprint density at radius 2 is 1.77 bits per heavy atom. The maximum Gasteiger partial charge on any atom is 0.244 e. The zero-order valence-electron chi connectivity index (χ0n) is 18.8. The van der Waals surface area contributed by atoms with E-state index in [4.69, 9.17) is 4.74 Å². The van der Waals surface area contributed by atoms with E-state index in [1.165, 1.54) is 6.08 Å². The molecular formula is C25H33N3O3. The van der Waals surface area contributed by atoms with Crippen molar-refractivity contribution >= 4 is 17.9 Å². The Morgan fingerprint density at radius 3 is 2.42 bits per heavy atom. The molecule has 0 aliphatic carbocycles. The molecule has 0 heterocycles. The van der Waals surface area contributed by atoms with Gasteiger partial charge in [0.15, 0.2) is 0 Å². The van der Waals surface area contributed by atoms with E-state index in [0.717, 1.165) is 30.0 Å². The number of hydrogen-bond donors (Lipinski definition) is 2. The Kier molecular flexibility index (Phi) is 9.78. The van der Waals surface area contributed by atoms with Crippen molar-refractivity contribution in [3.8, 4) is 5.75 Å². The first-order valence-electron chi connectivity index (χ1n) is 10.7. The molecule has 0 radical (unpaired) electrons. The third-order valence-corrected chi connectivity index (χ3v) is 5.18. The van der Waals surface area contributed by atoms with E-state index in [2.05, 4.69) is 29.4 Å². The van der Waals surface area contributed by atoms with E-state index in [-0.39, 0.29) is 17.9 Å². The van der Waals surface area contributed by atoms with Gasteiger partial charge in [0.05, 0.1) is 13.2 Å². The van der Waals surface area contributed by atoms with Crippen molar-refractivity contribution in [2.75, 3.05) is 26.7 Å². The third-order valence-electron chi connectivity index (χ3n) is 5.18. The van der Waals surface area contributed by atoms with Crippen LogP contribution in [0.5, 0.6) is 5.75 Å². The number of hydrogen-bond acceptors (Lipinski definition) is 4. The number of nitrogens with one attached hydrogen (secondary N) is 2. The van der Waals surface area contributed by atoms with Gasteiger partial charge in [0.25, 0.3) is 0 Å². The van der Waals surface area contributed by atoms with Gasteiger partial charge in [0, 0.05) is 12.6 Å². The summed E-state index contributed by atoms with van der Waals surface area (Å²) in [5.41, 5.74) is 2.00. The molecule has 0 aromatic heterocycles. The fourth-order valence-electron chi connectivity index (χ4n) is 3.38. The van der Waals surface area contributed by atoms with Gasteiger partial charge in [-0.15, -0.1) is 0 Å². The quantitative estimate of drug-likeness (QED) is 0.544. The second-order valence-corrected chi connectivity index (χ2v) is 7.23. The van der Waals surface area contributed by atoms with Gasteiger partial charge >= 0.3 is 0 Å². The van der Waals surface area contributed by atoms with Crippen molar-refractivity contribution in [3.05, 3.63) is 71.8 Å². The molecule has 2 N–H and O–H groups in total. The van der Waals surface area contributed by atoms with Crippen molar-refractivity contribution in [1.29, 1.82) is 0 Å². The van der Waals surface area contributed by atoms with Crippen molar-refractivity contribution in [1.82, 2.24) is 15.5 Å². The molecule has 0 bridgehead atoms. The number of methoxy groups -OCH3 is 1. The monoisotopic (exact) mass is 423 g/mol. The van der Waals surface area contributed by atoms with Gasteiger partial charge in [0.2, 0.25) is 11.8 Å². The Balaban J connectivity index is 1.97. The summed E-state index contributed by atoms with van der Waals surface area (Å²) in [5, 5.41) is 5.70. The van der Waals surface area contributed by atoms with E-state index in [1.807, 2.05) is 54.6 Å². The SMILES string of the molecule is CCN(CC)[C@@H](CNC(=O)[C@H](C)NC(=O)/C=C/c1ccccc1)c1cccc(OC)c1. The van der Waals surface area contributed by atoms with Crippen LogP contribution in [0.25, 0.3) is 6.08 Å². The molecule has 2 rings (SSSR count). The van der Waals surface area contributed by atoms with Crippen LogP contribution in [-0.4, -0.2) is 49.5 Å². The Morgan fingerprint density at radius 1 is 1.06 bits per heavy atom. The van der Waals surface area contributed by atoms with Crippen LogP contribution in [0.2, 0.25) is 0 Å². The number of benzene rings is 2. The van der Waals surface area contributed by atoms with Gasteiger partial charge in [0.1, 0.15) is 11.8 Å². The average molecular weight is 424 g/mol. The largest absolute Gasteiger partial charge is 0.497 e. The van der Waals surface area contributed by atoms with Crippen LogP contribution in [0.3, 0.4) is 0 Å². The number of carbonyl (C=O) groups excluding carboxylic acids is 2. The van der Waals surface area contributed by atoms with Crippen molar-refractivity contribution in [2.45, 2.75) is 32.9 Å². The summed E-state index contributed by atoms with van der Waals surface area (Å²) in [6, 6.07) is 16.8. The van der Waals surface area contributed by atoms with Crippen LogP contribution < -0.4 is 15.4 Å². The number of nitrogens with zero attached hydrogens (tertiary/aromatic N) is 1. The van der Waals surface area contributed by atoms with Gasteiger partial charge in [-0.05, 0) is 49.3 Å². The molecule has 31 heavy (non-hydrogen) atoms. The predicted octanol–water partition coefficient (Wildman–Crippen LogP) is 3.41. The Labute approximate surface area is 185 Å². The molecule has 0 saturated carbocycles. The summed E-state index contributed by atoms with van der Waals surface area (Å²) >= 11 is 0. The second kappa shape index (κ2) is 12.5. The first kappa shape index (κ1) is 24.2. The van der Waals surface area contributed by atoms with Gasteiger partial charge in [-0.25, -0.2) is 0 Å². The highest BCUT2D eigenvalue weighted by molar-refractivity contribution is 5.95. The smallest absolute Gasteiger partial charge is 0.244 e. The predicted molar refractivity (Wildman–Crippen MR) is 125 cm³/mol. The zero-order valence-corrected chi connectivity index (χ0v) is 18.8. The summed E-state index contributed by atoms with van der Waals surface area (Å²) in [5.74, 6) is 0.257. The minimum absolute atomic E-state index is 0.00919. The fraction of sp³-hybridized carbons (Fsp3) is 0.360. The van der Waals surface area contributed by atoms with Crippen molar-refractivity contribution in [3.63, 3.8) is 0 Å². The lowest BCUT2D eigenvalue weighted by atomic mass is 10.0. The summed E-state index contributed by atoms with van der Waals surface area (Å²) in [6.07, 6.45) is 3.16. The standard InChI is InChI=1S/C25H33N3O3/c1-5-28(6-2)23(21-13-10-14-22(17-21)31-4)18-26-25(30)19(3)27-24(29)16-15-20-11-8-7-9-12-20/h7-17,19,23H,5-6,18H2,1-4H3,(H,26,30)(H,27,29)/b16-15+/t19-,23-/m0/s1. The van der Waals surface area contributed by atoms with Gasteiger partial charge in [-0.2, -0.15) is 0 Å². The minimum Gasteiger partial charge on any atom is -0.497 e. The lowest BCUT2D eigenvalue weighted by Crippen LogP contribution is -2.47. The van der Waals surface area contributed by atoms with E-state index in [0.29, 0.717) is 6.54 Å². The summed E-state index contributed by atoms with van der Waals surface area (Å²) in [7, 11) is 1.64. The molecule has 0 saturated heterocycles. The first-order valence-corrected chi connectivity index (χ1v) is 10.7. The molecule has 2 aromatic carbocycles. The van der Waals surface area contributed by atoms with Crippen LogP contribution in [-0.2, 0) is 9.59 Å². The molecule has 2 aromatic rings. The third kappa shape index (κ3) is 7.57. The number of carbonyl (C=O) groups is 2. The van der Waals surface area contributed by atoms with E-state index in [9.17, 15) is 9.59 Å². The molecule has 0 fully saturated rings. The fourth-order valence-corrected chi connectivity index (χ4v) is 3.38. The van der Waals surface area contributed by atoms with Gasteiger partial charge in [-0.1, -0.05) is 56.3 Å². The van der Waals surface area contributed by atoms with Crippen LogP contribution in [0.4, 0.5) is 0 Å². The molecule has 166 valence electrons. The molecule has 2 amide bonds. The number of likely N-dealkylation sites (N-methyl/N-ethyl adjacent to an activating group) is 1. The van der Waals surface area contributed by atoms with Gasteiger partial charge < -0.3 is 15.4 Å². The van der Waals surface area contributed by atoms with E-state index in [1.54, 1.807) is 20.1 Å². The first-order chi connectivity index (χ1) is 15.0. The van der Waals surface area contributed by atoms with Gasteiger partial charge in [-0.3, -0.25) is 14.5 Å². The van der Waals surface area contributed by atoms with Crippen LogP contribution in [0.15, 0.2) is 60.7 Å². The second-order valence-electron chi connectivity index (χ2n) is 7.23. The minimum atomic E-state index is -0.643. The average Bonchev–Trinajstić information content (AvgIpc) is 2.80. The number of amides is 2. The molecule has 2 atom stereocenters. The summed E-state index contributed by atoms with van der Waals surface area (Å²) in [4.78, 5) is 27.1. The molecule has 0 aliphatic rings. The maximum atomic E-state index is 12.6. The van der Waals surface area contributed by atoms with Crippen molar-refractivity contribution < 1.29 is 14.3 Å². The van der Waals surface area contributed by atoms with Crippen LogP contribution >= 0.6 is 0 Å². The van der Waals surface area contributed by atoms with Crippen LogP contribution in [0.1, 0.15) is 37.9 Å². The lowest BCUT2D eigenvalue weighted by Gasteiger charge is -2.31. The number of rotatable bonds is 11. The Bertz CT molecular complexity index is 863.